The van der Waals surface area contributed by atoms with Gasteiger partial charge in [-0.15, -0.1) is 0 Å². The molecule has 0 aliphatic heterocycles. The maximum absolute atomic E-state index is 13.7. The van der Waals surface area contributed by atoms with Gasteiger partial charge in [-0.2, -0.15) is 0 Å². The summed E-state index contributed by atoms with van der Waals surface area (Å²) in [6.07, 6.45) is 1.28. The smallest absolute Gasteiger partial charge is 0.257 e. The van der Waals surface area contributed by atoms with Crippen LogP contribution in [0.5, 0.6) is 5.75 Å². The van der Waals surface area contributed by atoms with Gasteiger partial charge in [0.1, 0.15) is 11.6 Å². The van der Waals surface area contributed by atoms with E-state index in [-0.39, 0.29) is 17.1 Å². The Hall–Kier alpha value is -3.55. The van der Waals surface area contributed by atoms with E-state index in [2.05, 4.69) is 15.6 Å². The molecule has 0 aliphatic rings. The molecule has 8 heteroatoms. The largest absolute Gasteiger partial charge is 0.492 e. The fourth-order valence-corrected chi connectivity index (χ4v) is 2.41. The van der Waals surface area contributed by atoms with E-state index < -0.39 is 23.4 Å². The van der Waals surface area contributed by atoms with Gasteiger partial charge in [0, 0.05) is 6.20 Å². The zero-order chi connectivity index (χ0) is 20.1. The Labute approximate surface area is 159 Å². The molecule has 2 N–H and O–H groups in total. The summed E-state index contributed by atoms with van der Waals surface area (Å²) >= 11 is 0. The molecule has 2 aromatic carbocycles. The number of carbonyl (C=O) groups excluding carboxylic acids is 1. The number of para-hydroxylation sites is 2. The number of amides is 1. The molecule has 1 heterocycles. The van der Waals surface area contributed by atoms with Gasteiger partial charge in [-0.25, -0.2) is 18.2 Å². The number of benzene rings is 2. The Morgan fingerprint density at radius 1 is 1.00 bits per heavy atom. The summed E-state index contributed by atoms with van der Waals surface area (Å²) in [6, 6.07) is 11.7. The number of hydrogen-bond acceptors (Lipinski definition) is 4. The molecular weight excluding hydrogens is 371 g/mol. The molecule has 0 bridgehead atoms. The lowest BCUT2D eigenvalue weighted by atomic mass is 10.2. The topological polar surface area (TPSA) is 63.2 Å². The molecule has 3 aromatic rings. The van der Waals surface area contributed by atoms with Gasteiger partial charge in [-0.1, -0.05) is 12.1 Å². The minimum absolute atomic E-state index is 0.163. The lowest BCUT2D eigenvalue weighted by Crippen LogP contribution is -2.13. The second-order valence-corrected chi connectivity index (χ2v) is 5.66. The van der Waals surface area contributed by atoms with Crippen LogP contribution in [-0.4, -0.2) is 17.5 Å². The van der Waals surface area contributed by atoms with Crippen LogP contribution >= 0.6 is 0 Å². The molecule has 0 atom stereocenters. The molecule has 0 aliphatic carbocycles. The van der Waals surface area contributed by atoms with Crippen LogP contribution in [-0.2, 0) is 0 Å². The highest BCUT2D eigenvalue weighted by atomic mass is 19.2. The Morgan fingerprint density at radius 3 is 2.50 bits per heavy atom. The van der Waals surface area contributed by atoms with Crippen LogP contribution in [0.4, 0.5) is 30.4 Å². The van der Waals surface area contributed by atoms with E-state index in [9.17, 15) is 18.0 Å². The van der Waals surface area contributed by atoms with Crippen LogP contribution in [0.1, 0.15) is 17.3 Å². The first-order chi connectivity index (χ1) is 13.5. The summed E-state index contributed by atoms with van der Waals surface area (Å²) in [7, 11) is 0. The van der Waals surface area contributed by atoms with Crippen LogP contribution in [0.2, 0.25) is 0 Å². The maximum atomic E-state index is 13.7. The first-order valence-corrected chi connectivity index (χ1v) is 8.39. The van der Waals surface area contributed by atoms with Gasteiger partial charge in [0.15, 0.2) is 17.5 Å². The zero-order valence-electron chi connectivity index (χ0n) is 14.8. The van der Waals surface area contributed by atoms with Gasteiger partial charge < -0.3 is 15.4 Å². The van der Waals surface area contributed by atoms with Crippen molar-refractivity contribution in [2.45, 2.75) is 6.92 Å². The van der Waals surface area contributed by atoms with Crippen LogP contribution in [0.25, 0.3) is 0 Å². The van der Waals surface area contributed by atoms with E-state index >= 15 is 0 Å². The number of nitrogens with one attached hydrogen (secondary N) is 2. The molecule has 144 valence electrons. The number of carbonyl (C=O) groups is 1. The normalized spacial score (nSPS) is 10.4. The van der Waals surface area contributed by atoms with Crippen molar-refractivity contribution in [3.63, 3.8) is 0 Å². The van der Waals surface area contributed by atoms with Crippen molar-refractivity contribution < 1.29 is 22.7 Å². The summed E-state index contributed by atoms with van der Waals surface area (Å²) < 4.78 is 45.4. The molecule has 0 saturated carbocycles. The lowest BCUT2D eigenvalue weighted by Gasteiger charge is -2.11. The van der Waals surface area contributed by atoms with E-state index in [0.717, 1.165) is 12.1 Å². The number of ether oxygens (including phenoxy) is 1. The average molecular weight is 387 g/mol. The molecule has 3 rings (SSSR count). The van der Waals surface area contributed by atoms with Gasteiger partial charge in [0.05, 0.1) is 23.5 Å². The highest BCUT2D eigenvalue weighted by molar-refractivity contribution is 6.04. The lowest BCUT2D eigenvalue weighted by molar-refractivity contribution is 0.102. The fourth-order valence-electron chi connectivity index (χ4n) is 2.41. The minimum atomic E-state index is -1.58. The SMILES string of the molecule is CCOc1ccccc1NC(=O)c1ccc(Nc2ccc(F)c(F)c2F)nc1. The molecule has 28 heavy (non-hydrogen) atoms. The van der Waals surface area contributed by atoms with Crippen molar-refractivity contribution in [2.24, 2.45) is 0 Å². The quantitative estimate of drug-likeness (QED) is 0.591. The van der Waals surface area contributed by atoms with Crippen LogP contribution < -0.4 is 15.4 Å². The van der Waals surface area contributed by atoms with Crippen molar-refractivity contribution in [2.75, 3.05) is 17.2 Å². The van der Waals surface area contributed by atoms with E-state index in [1.54, 1.807) is 24.3 Å². The van der Waals surface area contributed by atoms with Gasteiger partial charge in [0.25, 0.3) is 5.91 Å². The zero-order valence-corrected chi connectivity index (χ0v) is 14.8. The summed E-state index contributed by atoms with van der Waals surface area (Å²) in [4.78, 5) is 16.4. The number of aromatic nitrogens is 1. The van der Waals surface area contributed by atoms with E-state index in [4.69, 9.17) is 4.74 Å². The molecule has 0 fully saturated rings. The highest BCUT2D eigenvalue weighted by Gasteiger charge is 2.14. The molecule has 1 aromatic heterocycles. The molecule has 5 nitrogen and oxygen atoms in total. The predicted molar refractivity (Wildman–Crippen MR) is 99.4 cm³/mol. The van der Waals surface area contributed by atoms with Gasteiger partial charge >= 0.3 is 0 Å². The van der Waals surface area contributed by atoms with E-state index in [1.165, 1.54) is 18.3 Å². The van der Waals surface area contributed by atoms with Crippen LogP contribution in [0.15, 0.2) is 54.7 Å². The number of hydrogen-bond donors (Lipinski definition) is 2. The minimum Gasteiger partial charge on any atom is -0.492 e. The first kappa shape index (κ1) is 19.2. The third kappa shape index (κ3) is 4.22. The molecule has 0 spiro atoms. The number of halogens is 3. The summed E-state index contributed by atoms with van der Waals surface area (Å²) in [6.45, 7) is 2.29. The van der Waals surface area contributed by atoms with Crippen LogP contribution in [0, 0.1) is 17.5 Å². The first-order valence-electron chi connectivity index (χ1n) is 8.39. The number of anilines is 3. The number of rotatable bonds is 6. The second-order valence-electron chi connectivity index (χ2n) is 5.66. The average Bonchev–Trinajstić information content (AvgIpc) is 2.70. The molecule has 0 radical (unpaired) electrons. The standard InChI is InChI=1S/C20H16F3N3O2/c1-2-28-16-6-4-3-5-14(16)26-20(27)12-7-10-17(24-11-12)25-15-9-8-13(21)18(22)19(15)23/h3-11H,2H2,1H3,(H,24,25)(H,26,27). The third-order valence-electron chi connectivity index (χ3n) is 3.76. The Bertz CT molecular complexity index is 994. The Balaban J connectivity index is 1.72. The van der Waals surface area contributed by atoms with Gasteiger partial charge in [-0.3, -0.25) is 4.79 Å². The van der Waals surface area contributed by atoms with Crippen LogP contribution in [0.3, 0.4) is 0 Å². The molecule has 0 unspecified atom stereocenters. The molecular formula is C20H16F3N3O2. The second kappa shape index (κ2) is 8.43. The number of pyridine rings is 1. The summed E-state index contributed by atoms with van der Waals surface area (Å²) in [5.74, 6) is -3.92. The van der Waals surface area contributed by atoms with Gasteiger partial charge in [0.2, 0.25) is 0 Å². The van der Waals surface area contributed by atoms with Crippen molar-refractivity contribution in [3.05, 3.63) is 77.7 Å². The monoisotopic (exact) mass is 387 g/mol. The summed E-state index contributed by atoms with van der Waals surface area (Å²) in [5.41, 5.74) is 0.497. The van der Waals surface area contributed by atoms with Gasteiger partial charge in [-0.05, 0) is 43.3 Å². The Morgan fingerprint density at radius 2 is 1.79 bits per heavy atom. The van der Waals surface area contributed by atoms with Crippen molar-refractivity contribution in [1.82, 2.24) is 4.98 Å². The molecule has 1 amide bonds. The van der Waals surface area contributed by atoms with Crippen molar-refractivity contribution in [3.8, 4) is 5.75 Å². The van der Waals surface area contributed by atoms with E-state index in [1.807, 2.05) is 6.92 Å². The Kier molecular flexibility index (Phi) is 5.78. The van der Waals surface area contributed by atoms with Crippen molar-refractivity contribution >= 4 is 23.1 Å². The third-order valence-corrected chi connectivity index (χ3v) is 3.76. The highest BCUT2D eigenvalue weighted by Crippen LogP contribution is 2.25. The van der Waals surface area contributed by atoms with E-state index in [0.29, 0.717) is 18.0 Å². The summed E-state index contributed by atoms with van der Waals surface area (Å²) in [5, 5.41) is 5.27. The van der Waals surface area contributed by atoms with Crippen molar-refractivity contribution in [1.29, 1.82) is 0 Å². The molecule has 0 saturated heterocycles. The predicted octanol–water partition coefficient (Wildman–Crippen LogP) is 4.89. The maximum Gasteiger partial charge on any atom is 0.257 e. The number of nitrogens with zero attached hydrogens (tertiary/aromatic N) is 1. The fraction of sp³-hybridized carbons (Fsp3) is 0.100.